The van der Waals surface area contributed by atoms with Crippen LogP contribution < -0.4 is 21.3 Å². The first-order chi connectivity index (χ1) is 19.3. The standard InChI is InChI=1S/C26H26Cl2F3N5O4S.ClH/c27-18-2-1-17-13-21-19(20(17)14-18)5-6-35(23(21)15-34-8-7-33(16-34)11-12-37)9-10-36(41(38,39)40)24-4-3-22(28)25(32-24)26(29,30)31;/h1-4,7-8,14,16,23,37H,5-6,9-13,15H2;1H. The molecule has 3 aromatic rings. The molecule has 0 spiro atoms. The minimum atomic E-state index is -4.96. The molecule has 1 unspecified atom stereocenters. The van der Waals surface area contributed by atoms with Gasteiger partial charge in [-0.2, -0.15) is 21.6 Å². The van der Waals surface area contributed by atoms with Crippen molar-refractivity contribution in [1.29, 1.82) is 0 Å². The van der Waals surface area contributed by atoms with Crippen LogP contribution in [0.25, 0.3) is 5.57 Å². The molecular weight excluding hydrogens is 642 g/mol. The van der Waals surface area contributed by atoms with E-state index in [0.717, 1.165) is 28.8 Å². The van der Waals surface area contributed by atoms with Crippen molar-refractivity contribution in [2.24, 2.45) is 0 Å². The molecule has 9 nitrogen and oxygen atoms in total. The number of rotatable bonds is 9. The molecule has 0 bridgehead atoms. The predicted octanol–water partition coefficient (Wildman–Crippen LogP) is 0.886. The van der Waals surface area contributed by atoms with E-state index in [1.807, 2.05) is 46.1 Å². The molecule has 1 aliphatic carbocycles. The Bertz CT molecular complexity index is 1600. The Labute approximate surface area is 257 Å². The molecule has 0 saturated carbocycles. The van der Waals surface area contributed by atoms with Crippen molar-refractivity contribution in [3.8, 4) is 0 Å². The quantitative estimate of drug-likeness (QED) is 0.260. The van der Waals surface area contributed by atoms with Crippen molar-refractivity contribution in [3.05, 3.63) is 81.5 Å². The van der Waals surface area contributed by atoms with Gasteiger partial charge in [0.15, 0.2) is 5.69 Å². The number of imidazole rings is 1. The van der Waals surface area contributed by atoms with Crippen molar-refractivity contribution in [1.82, 2.24) is 14.5 Å². The zero-order chi connectivity index (χ0) is 29.5. The molecule has 0 radical (unpaired) electrons. The molecule has 2 N–H and O–H groups in total. The van der Waals surface area contributed by atoms with E-state index >= 15 is 0 Å². The van der Waals surface area contributed by atoms with Gasteiger partial charge in [-0.3, -0.25) is 9.45 Å². The van der Waals surface area contributed by atoms with Gasteiger partial charge < -0.3 is 17.5 Å². The van der Waals surface area contributed by atoms with Gasteiger partial charge in [0.05, 0.1) is 24.2 Å². The maximum atomic E-state index is 13.4. The lowest BCUT2D eigenvalue weighted by molar-refractivity contribution is -0.699. The van der Waals surface area contributed by atoms with Gasteiger partial charge in [0.25, 0.3) is 0 Å². The Morgan fingerprint density at radius 2 is 1.93 bits per heavy atom. The predicted molar refractivity (Wildman–Crippen MR) is 147 cm³/mol. The number of alkyl halides is 3. The van der Waals surface area contributed by atoms with Crippen molar-refractivity contribution in [2.75, 3.05) is 30.5 Å². The highest BCUT2D eigenvalue weighted by Crippen LogP contribution is 2.42. The number of aromatic nitrogens is 3. The van der Waals surface area contributed by atoms with Crippen molar-refractivity contribution in [2.45, 2.75) is 38.1 Å². The number of hydrogen-bond acceptors (Lipinski definition) is 5. The van der Waals surface area contributed by atoms with Crippen LogP contribution in [0.5, 0.6) is 0 Å². The van der Waals surface area contributed by atoms with Crippen molar-refractivity contribution >= 4 is 44.9 Å². The number of aliphatic hydroxyl groups is 1. The third-order valence-corrected chi connectivity index (χ3v) is 8.84. The molecule has 0 amide bonds. The fourth-order valence-corrected chi connectivity index (χ4v) is 6.57. The van der Waals surface area contributed by atoms with Crippen LogP contribution in [-0.2, 0) is 36.0 Å². The van der Waals surface area contributed by atoms with Crippen LogP contribution in [0.2, 0.25) is 10.0 Å². The van der Waals surface area contributed by atoms with Crippen LogP contribution in [0.1, 0.15) is 23.2 Å². The normalized spacial score (nSPS) is 17.2. The lowest BCUT2D eigenvalue weighted by Crippen LogP contribution is -3.00. The zero-order valence-electron chi connectivity index (χ0n) is 22.0. The second-order valence-corrected chi connectivity index (χ2v) is 12.1. The maximum absolute atomic E-state index is 13.4. The van der Waals surface area contributed by atoms with E-state index in [1.54, 1.807) is 0 Å². The molecule has 228 valence electrons. The van der Waals surface area contributed by atoms with Gasteiger partial charge in [-0.05, 0) is 59.4 Å². The van der Waals surface area contributed by atoms with E-state index in [9.17, 15) is 31.2 Å². The number of halogens is 6. The number of pyridine rings is 1. The summed E-state index contributed by atoms with van der Waals surface area (Å²) >= 11 is 11.9. The summed E-state index contributed by atoms with van der Waals surface area (Å²) in [6.07, 6.45) is 2.01. The van der Waals surface area contributed by atoms with Gasteiger partial charge in [0, 0.05) is 18.1 Å². The maximum Gasteiger partial charge on any atom is 0.434 e. The van der Waals surface area contributed by atoms with E-state index in [1.165, 1.54) is 5.57 Å². The first kappa shape index (κ1) is 32.5. The van der Waals surface area contributed by atoms with Crippen LogP contribution >= 0.6 is 23.2 Å². The number of nitrogens with zero attached hydrogens (tertiary/aromatic N) is 5. The van der Waals surface area contributed by atoms with Gasteiger partial charge in [-0.1, -0.05) is 29.3 Å². The molecule has 2 aliphatic rings. The van der Waals surface area contributed by atoms with Gasteiger partial charge in [0.2, 0.25) is 6.33 Å². The van der Waals surface area contributed by atoms with E-state index in [0.29, 0.717) is 41.8 Å². The number of aliphatic hydroxyl groups excluding tert-OH is 1. The fourth-order valence-electron chi connectivity index (χ4n) is 5.54. The second-order valence-electron chi connectivity index (χ2n) is 9.90. The first-order valence-corrected chi connectivity index (χ1v) is 14.9. The zero-order valence-corrected chi connectivity index (χ0v) is 25.1. The minimum Gasteiger partial charge on any atom is -1.00 e. The highest BCUT2D eigenvalue weighted by Gasteiger charge is 2.38. The summed E-state index contributed by atoms with van der Waals surface area (Å²) in [5.41, 5.74) is 3.11. The Hall–Kier alpha value is -2.39. The van der Waals surface area contributed by atoms with Crippen LogP contribution in [0.3, 0.4) is 0 Å². The number of anilines is 1. The second kappa shape index (κ2) is 12.7. The molecule has 1 aromatic carbocycles. The van der Waals surface area contributed by atoms with Crippen LogP contribution in [0.4, 0.5) is 19.0 Å². The van der Waals surface area contributed by atoms with E-state index in [2.05, 4.69) is 9.88 Å². The average molecular weight is 669 g/mol. The fraction of sp³-hybridized carbons (Fsp3) is 0.385. The van der Waals surface area contributed by atoms with Crippen LogP contribution in [0.15, 0.2) is 54.6 Å². The van der Waals surface area contributed by atoms with Crippen LogP contribution in [0, 0.1) is 0 Å². The molecule has 3 heterocycles. The number of hydrogen-bond donors (Lipinski definition) is 2. The molecule has 1 aliphatic heterocycles. The van der Waals surface area contributed by atoms with E-state index < -0.39 is 33.0 Å². The van der Waals surface area contributed by atoms with E-state index in [4.69, 9.17) is 23.2 Å². The third-order valence-electron chi connectivity index (χ3n) is 7.37. The highest BCUT2D eigenvalue weighted by molar-refractivity contribution is 7.87. The summed E-state index contributed by atoms with van der Waals surface area (Å²) in [6, 6.07) is 7.52. The first-order valence-electron chi connectivity index (χ1n) is 12.7. The molecule has 2 aromatic heterocycles. The molecule has 0 saturated heterocycles. The summed E-state index contributed by atoms with van der Waals surface area (Å²) < 4.78 is 79.1. The molecule has 42 heavy (non-hydrogen) atoms. The summed E-state index contributed by atoms with van der Waals surface area (Å²) in [7, 11) is -4.96. The Balaban J connectivity index is 0.00000405. The molecule has 1 atom stereocenters. The van der Waals surface area contributed by atoms with Crippen molar-refractivity contribution < 1.29 is 48.2 Å². The number of fused-ring (bicyclic) bond motifs is 2. The topological polar surface area (TPSA) is 103 Å². The third kappa shape index (κ3) is 6.88. The highest BCUT2D eigenvalue weighted by atomic mass is 35.5. The smallest absolute Gasteiger partial charge is 0.434 e. The summed E-state index contributed by atoms with van der Waals surface area (Å²) in [6.45, 7) is 1.20. The van der Waals surface area contributed by atoms with Gasteiger partial charge in [-0.15, -0.1) is 0 Å². The summed E-state index contributed by atoms with van der Waals surface area (Å²) in [5.74, 6) is -0.587. The Morgan fingerprint density at radius 3 is 2.62 bits per heavy atom. The SMILES string of the molecule is O=S(=O)(O)N(CCN1CCC2=C(Cc3ccc(Cl)cc32)C1C[n+]1ccn(CCO)c1)c1ccc(Cl)c(C(F)(F)F)n1.[Cl-]. The van der Waals surface area contributed by atoms with Gasteiger partial charge in [-0.25, -0.2) is 18.4 Å². The largest absolute Gasteiger partial charge is 1.00 e. The molecule has 5 rings (SSSR count). The van der Waals surface area contributed by atoms with E-state index in [-0.39, 0.29) is 38.1 Å². The van der Waals surface area contributed by atoms with Gasteiger partial charge >= 0.3 is 16.5 Å². The number of benzene rings is 1. The molecule has 0 fully saturated rings. The molecule has 16 heteroatoms. The monoisotopic (exact) mass is 667 g/mol. The Kier molecular flexibility index (Phi) is 9.82. The summed E-state index contributed by atoms with van der Waals surface area (Å²) in [4.78, 5) is 5.49. The minimum absolute atomic E-state index is 0. The Morgan fingerprint density at radius 1 is 1.17 bits per heavy atom. The van der Waals surface area contributed by atoms with Crippen LogP contribution in [-0.4, -0.2) is 64.8 Å². The van der Waals surface area contributed by atoms with Gasteiger partial charge in [0.1, 0.15) is 31.3 Å². The lowest BCUT2D eigenvalue weighted by Gasteiger charge is -2.37. The molecular formula is C26H27Cl3F3N5O4S. The summed E-state index contributed by atoms with van der Waals surface area (Å²) in [5, 5.41) is 9.24. The average Bonchev–Trinajstić information content (AvgIpc) is 3.48. The lowest BCUT2D eigenvalue weighted by atomic mass is 9.92. The van der Waals surface area contributed by atoms with Crippen molar-refractivity contribution in [3.63, 3.8) is 0 Å².